The molecule has 0 bridgehead atoms. The number of carboxylic acids is 1. The topological polar surface area (TPSA) is 101 Å². The van der Waals surface area contributed by atoms with Gasteiger partial charge < -0.3 is 15.2 Å². The minimum atomic E-state index is -1.20. The SMILES string of the molecule is O=C(NC(Cc1ccnc(Cl)n1)C(=O)O)OCc1ccccc1. The Morgan fingerprint density at radius 1 is 1.26 bits per heavy atom. The molecular formula is C15H14ClN3O4. The van der Waals surface area contributed by atoms with E-state index < -0.39 is 18.1 Å². The number of rotatable bonds is 6. The fraction of sp³-hybridized carbons (Fsp3) is 0.200. The Morgan fingerprint density at radius 2 is 2.00 bits per heavy atom. The van der Waals surface area contributed by atoms with E-state index in [-0.39, 0.29) is 18.3 Å². The van der Waals surface area contributed by atoms with Gasteiger partial charge >= 0.3 is 12.1 Å². The van der Waals surface area contributed by atoms with Crippen LogP contribution >= 0.6 is 11.6 Å². The first-order valence-electron chi connectivity index (χ1n) is 6.72. The van der Waals surface area contributed by atoms with Crippen LogP contribution in [0.5, 0.6) is 0 Å². The van der Waals surface area contributed by atoms with Gasteiger partial charge in [-0.25, -0.2) is 19.6 Å². The lowest BCUT2D eigenvalue weighted by atomic mass is 10.1. The molecule has 0 aliphatic carbocycles. The second-order valence-electron chi connectivity index (χ2n) is 4.62. The first-order valence-corrected chi connectivity index (χ1v) is 7.10. The maximum absolute atomic E-state index is 11.7. The van der Waals surface area contributed by atoms with Crippen molar-refractivity contribution in [1.29, 1.82) is 0 Å². The van der Waals surface area contributed by atoms with Crippen LogP contribution in [0.2, 0.25) is 5.28 Å². The maximum Gasteiger partial charge on any atom is 0.408 e. The molecule has 1 aromatic heterocycles. The van der Waals surface area contributed by atoms with Crippen molar-refractivity contribution < 1.29 is 19.4 Å². The van der Waals surface area contributed by atoms with Gasteiger partial charge in [0.25, 0.3) is 0 Å². The molecule has 8 heteroatoms. The molecule has 0 aliphatic rings. The zero-order valence-electron chi connectivity index (χ0n) is 12.0. The summed E-state index contributed by atoms with van der Waals surface area (Å²) in [6.45, 7) is 0.0539. The Hall–Kier alpha value is -2.67. The summed E-state index contributed by atoms with van der Waals surface area (Å²) >= 11 is 5.65. The van der Waals surface area contributed by atoms with E-state index in [0.29, 0.717) is 5.69 Å². The molecule has 1 heterocycles. The first kappa shape index (κ1) is 16.7. The third kappa shape index (κ3) is 5.55. The largest absolute Gasteiger partial charge is 0.480 e. The molecular weight excluding hydrogens is 322 g/mol. The lowest BCUT2D eigenvalue weighted by Gasteiger charge is -2.14. The molecule has 1 atom stereocenters. The quantitative estimate of drug-likeness (QED) is 0.783. The van der Waals surface area contributed by atoms with Gasteiger partial charge in [0.05, 0.1) is 0 Å². The predicted molar refractivity (Wildman–Crippen MR) is 81.9 cm³/mol. The summed E-state index contributed by atoms with van der Waals surface area (Å²) in [5.74, 6) is -1.20. The summed E-state index contributed by atoms with van der Waals surface area (Å²) in [6.07, 6.45) is 0.566. The lowest BCUT2D eigenvalue weighted by molar-refractivity contribution is -0.139. The molecule has 0 radical (unpaired) electrons. The Balaban J connectivity index is 1.91. The van der Waals surface area contributed by atoms with E-state index in [4.69, 9.17) is 16.3 Å². The van der Waals surface area contributed by atoms with Crippen molar-refractivity contribution in [2.24, 2.45) is 0 Å². The Kier molecular flexibility index (Phi) is 5.87. The summed E-state index contributed by atoms with van der Waals surface area (Å²) in [5.41, 5.74) is 1.21. The highest BCUT2D eigenvalue weighted by Crippen LogP contribution is 2.05. The number of hydrogen-bond donors (Lipinski definition) is 2. The van der Waals surface area contributed by atoms with Gasteiger partial charge in [-0.15, -0.1) is 0 Å². The molecule has 1 unspecified atom stereocenters. The minimum Gasteiger partial charge on any atom is -0.480 e. The standard InChI is InChI=1S/C15H14ClN3O4/c16-14-17-7-6-11(18-14)8-12(13(20)21)19-15(22)23-9-10-4-2-1-3-5-10/h1-7,12H,8-9H2,(H,19,22)(H,20,21). The van der Waals surface area contributed by atoms with Gasteiger partial charge in [-0.05, 0) is 23.2 Å². The number of carbonyl (C=O) groups is 2. The van der Waals surface area contributed by atoms with Crippen LogP contribution in [0.25, 0.3) is 0 Å². The molecule has 1 amide bonds. The zero-order valence-corrected chi connectivity index (χ0v) is 12.7. The summed E-state index contributed by atoms with van der Waals surface area (Å²) in [5, 5.41) is 11.5. The molecule has 120 valence electrons. The van der Waals surface area contributed by atoms with E-state index in [1.54, 1.807) is 12.1 Å². The number of carboxylic acid groups (broad SMARTS) is 1. The van der Waals surface area contributed by atoms with E-state index in [9.17, 15) is 14.7 Å². The van der Waals surface area contributed by atoms with Crippen molar-refractivity contribution in [2.45, 2.75) is 19.1 Å². The van der Waals surface area contributed by atoms with Gasteiger partial charge in [0, 0.05) is 18.3 Å². The number of alkyl carbamates (subject to hydrolysis) is 1. The number of amides is 1. The van der Waals surface area contributed by atoms with Gasteiger partial charge in [-0.3, -0.25) is 0 Å². The fourth-order valence-electron chi connectivity index (χ4n) is 1.80. The summed E-state index contributed by atoms with van der Waals surface area (Å²) in [6, 6.07) is 9.42. The number of halogens is 1. The molecule has 0 saturated carbocycles. The fourth-order valence-corrected chi connectivity index (χ4v) is 1.96. The van der Waals surface area contributed by atoms with Gasteiger partial charge in [0.2, 0.25) is 5.28 Å². The van der Waals surface area contributed by atoms with Crippen LogP contribution in [-0.4, -0.2) is 33.2 Å². The maximum atomic E-state index is 11.7. The molecule has 0 aliphatic heterocycles. The third-order valence-electron chi connectivity index (χ3n) is 2.90. The third-order valence-corrected chi connectivity index (χ3v) is 3.08. The Morgan fingerprint density at radius 3 is 2.65 bits per heavy atom. The van der Waals surface area contributed by atoms with Gasteiger partial charge in [0.1, 0.15) is 12.6 Å². The molecule has 2 N–H and O–H groups in total. The number of benzene rings is 1. The number of nitrogens with zero attached hydrogens (tertiary/aromatic N) is 2. The van der Waals surface area contributed by atoms with Crippen molar-refractivity contribution in [3.8, 4) is 0 Å². The van der Waals surface area contributed by atoms with Crippen LogP contribution < -0.4 is 5.32 Å². The number of aliphatic carboxylic acids is 1. The van der Waals surface area contributed by atoms with Gasteiger partial charge in [-0.1, -0.05) is 30.3 Å². The molecule has 0 fully saturated rings. The monoisotopic (exact) mass is 335 g/mol. The summed E-state index contributed by atoms with van der Waals surface area (Å²) in [7, 11) is 0. The van der Waals surface area contributed by atoms with Crippen LogP contribution in [0.4, 0.5) is 4.79 Å². The highest BCUT2D eigenvalue weighted by Gasteiger charge is 2.22. The summed E-state index contributed by atoms with van der Waals surface area (Å²) < 4.78 is 5.00. The van der Waals surface area contributed by atoms with Crippen molar-refractivity contribution in [3.63, 3.8) is 0 Å². The van der Waals surface area contributed by atoms with Gasteiger partial charge in [-0.2, -0.15) is 0 Å². The molecule has 23 heavy (non-hydrogen) atoms. The molecule has 0 spiro atoms. The van der Waals surface area contributed by atoms with E-state index in [0.717, 1.165) is 5.56 Å². The Labute approximate surface area is 137 Å². The van der Waals surface area contributed by atoms with E-state index in [1.807, 2.05) is 18.2 Å². The predicted octanol–water partition coefficient (Wildman–Crippen LogP) is 2.05. The normalized spacial score (nSPS) is 11.5. The van der Waals surface area contributed by atoms with Crippen molar-refractivity contribution in [3.05, 3.63) is 59.1 Å². The molecule has 2 rings (SSSR count). The molecule has 0 saturated heterocycles. The Bertz CT molecular complexity index is 681. The number of ether oxygens (including phenoxy) is 1. The highest BCUT2D eigenvalue weighted by molar-refractivity contribution is 6.28. The first-order chi connectivity index (χ1) is 11.0. The van der Waals surface area contributed by atoms with Crippen molar-refractivity contribution >= 4 is 23.7 Å². The molecule has 7 nitrogen and oxygen atoms in total. The lowest BCUT2D eigenvalue weighted by Crippen LogP contribution is -2.42. The van der Waals surface area contributed by atoms with E-state index in [1.165, 1.54) is 12.3 Å². The second-order valence-corrected chi connectivity index (χ2v) is 4.96. The average molecular weight is 336 g/mol. The summed E-state index contributed by atoms with van der Waals surface area (Å²) in [4.78, 5) is 30.6. The molecule has 1 aromatic carbocycles. The van der Waals surface area contributed by atoms with Crippen LogP contribution in [-0.2, 0) is 22.6 Å². The van der Waals surface area contributed by atoms with Crippen LogP contribution in [0.3, 0.4) is 0 Å². The van der Waals surface area contributed by atoms with Crippen molar-refractivity contribution in [2.75, 3.05) is 0 Å². The zero-order chi connectivity index (χ0) is 16.7. The number of nitrogens with one attached hydrogen (secondary N) is 1. The average Bonchev–Trinajstić information content (AvgIpc) is 2.53. The number of hydrogen-bond acceptors (Lipinski definition) is 5. The second kappa shape index (κ2) is 8.09. The van der Waals surface area contributed by atoms with Crippen LogP contribution in [0, 0.1) is 0 Å². The highest BCUT2D eigenvalue weighted by atomic mass is 35.5. The van der Waals surface area contributed by atoms with Crippen LogP contribution in [0.1, 0.15) is 11.3 Å². The number of aromatic nitrogens is 2. The number of carbonyl (C=O) groups excluding carboxylic acids is 1. The smallest absolute Gasteiger partial charge is 0.408 e. The van der Waals surface area contributed by atoms with E-state index in [2.05, 4.69) is 15.3 Å². The van der Waals surface area contributed by atoms with E-state index >= 15 is 0 Å². The van der Waals surface area contributed by atoms with Crippen LogP contribution in [0.15, 0.2) is 42.6 Å². The minimum absolute atomic E-state index is 0.0123. The van der Waals surface area contributed by atoms with Crippen molar-refractivity contribution in [1.82, 2.24) is 15.3 Å². The van der Waals surface area contributed by atoms with Gasteiger partial charge in [0.15, 0.2) is 0 Å². The molecule has 2 aromatic rings.